The minimum absolute atomic E-state index is 0.345. The molecule has 12 heavy (non-hydrogen) atoms. The summed E-state index contributed by atoms with van der Waals surface area (Å²) in [6.45, 7) is 5.42. The highest BCUT2D eigenvalue weighted by Gasteiger charge is 2.05. The van der Waals surface area contributed by atoms with Gasteiger partial charge in [-0.05, 0) is 12.3 Å². The maximum atomic E-state index is 10.8. The summed E-state index contributed by atoms with van der Waals surface area (Å²) < 4.78 is 4.35. The first-order valence-electron chi connectivity index (χ1n) is 4.23. The van der Waals surface area contributed by atoms with E-state index < -0.39 is 11.9 Å². The van der Waals surface area contributed by atoms with Crippen LogP contribution in [0.15, 0.2) is 0 Å². The minimum Gasteiger partial charge on any atom is -0.393 e. The van der Waals surface area contributed by atoms with Gasteiger partial charge in [0.25, 0.3) is 0 Å². The van der Waals surface area contributed by atoms with Gasteiger partial charge < -0.3 is 4.74 Å². The minimum atomic E-state index is -0.524. The van der Waals surface area contributed by atoms with Crippen LogP contribution >= 0.6 is 0 Å². The first-order chi connectivity index (χ1) is 5.52. The zero-order valence-electron chi connectivity index (χ0n) is 7.92. The predicted molar refractivity (Wildman–Crippen MR) is 45.5 cm³/mol. The van der Waals surface area contributed by atoms with E-state index in [0.29, 0.717) is 12.3 Å². The molecule has 0 heterocycles. The third-order valence-corrected chi connectivity index (χ3v) is 1.42. The fourth-order valence-corrected chi connectivity index (χ4v) is 0.866. The molecule has 0 bridgehead atoms. The number of carbonyl (C=O) groups excluding carboxylic acids is 2. The summed E-state index contributed by atoms with van der Waals surface area (Å²) in [5.74, 6) is -0.345. The average Bonchev–Trinajstić information content (AvgIpc) is 1.84. The highest BCUT2D eigenvalue weighted by molar-refractivity contribution is 5.83. The first kappa shape index (κ1) is 11.1. The van der Waals surface area contributed by atoms with E-state index >= 15 is 0 Å². The van der Waals surface area contributed by atoms with Crippen molar-refractivity contribution < 1.29 is 14.3 Å². The lowest BCUT2D eigenvalue weighted by molar-refractivity contribution is -0.158. The first-order valence-corrected chi connectivity index (χ1v) is 4.23. The van der Waals surface area contributed by atoms with E-state index in [9.17, 15) is 9.59 Å². The Morgan fingerprint density at radius 2 is 1.92 bits per heavy atom. The average molecular weight is 172 g/mol. The van der Waals surface area contributed by atoms with Crippen LogP contribution in [0.5, 0.6) is 0 Å². The molecule has 0 rings (SSSR count). The van der Waals surface area contributed by atoms with E-state index in [1.165, 1.54) is 6.92 Å². The van der Waals surface area contributed by atoms with Gasteiger partial charge in [0.15, 0.2) is 0 Å². The van der Waals surface area contributed by atoms with Crippen molar-refractivity contribution in [2.24, 2.45) is 5.92 Å². The third-order valence-electron chi connectivity index (χ3n) is 1.42. The summed E-state index contributed by atoms with van der Waals surface area (Å²) in [6, 6.07) is 0. The monoisotopic (exact) mass is 172 g/mol. The van der Waals surface area contributed by atoms with E-state index in [2.05, 4.69) is 18.6 Å². The molecule has 0 amide bonds. The summed E-state index contributed by atoms with van der Waals surface area (Å²) in [7, 11) is 0. The van der Waals surface area contributed by atoms with Crippen LogP contribution in [0.2, 0.25) is 0 Å². The summed E-state index contributed by atoms with van der Waals surface area (Å²) in [4.78, 5) is 21.1. The van der Waals surface area contributed by atoms with Gasteiger partial charge in [-0.25, -0.2) is 0 Å². The van der Waals surface area contributed by atoms with Crippen molar-refractivity contribution in [3.63, 3.8) is 0 Å². The van der Waals surface area contributed by atoms with Gasteiger partial charge in [-0.2, -0.15) is 0 Å². The third kappa shape index (κ3) is 7.25. The molecule has 0 aliphatic heterocycles. The molecule has 0 saturated heterocycles. The van der Waals surface area contributed by atoms with Crippen molar-refractivity contribution in [1.29, 1.82) is 0 Å². The van der Waals surface area contributed by atoms with E-state index in [1.54, 1.807) is 0 Å². The number of rotatable bonds is 4. The number of hydrogen-bond acceptors (Lipinski definition) is 3. The second-order valence-corrected chi connectivity index (χ2v) is 3.25. The maximum Gasteiger partial charge on any atom is 0.313 e. The van der Waals surface area contributed by atoms with E-state index in [-0.39, 0.29) is 0 Å². The molecule has 0 aromatic rings. The predicted octanol–water partition coefficient (Wildman–Crippen LogP) is 1.90. The van der Waals surface area contributed by atoms with Gasteiger partial charge in [-0.1, -0.05) is 20.3 Å². The van der Waals surface area contributed by atoms with Crippen LogP contribution in [0.25, 0.3) is 0 Å². The quantitative estimate of drug-likeness (QED) is 0.480. The van der Waals surface area contributed by atoms with E-state index in [0.717, 1.165) is 12.8 Å². The van der Waals surface area contributed by atoms with Crippen molar-refractivity contribution in [3.8, 4) is 0 Å². The van der Waals surface area contributed by atoms with Crippen LogP contribution in [-0.2, 0) is 14.3 Å². The molecule has 70 valence electrons. The molecule has 0 saturated carbocycles. The van der Waals surface area contributed by atoms with Crippen LogP contribution in [0.3, 0.4) is 0 Å². The van der Waals surface area contributed by atoms with E-state index in [4.69, 9.17) is 0 Å². The molecule has 0 unspecified atom stereocenters. The lowest BCUT2D eigenvalue weighted by Gasteiger charge is -2.02. The normalized spacial score (nSPS) is 10.0. The van der Waals surface area contributed by atoms with Crippen LogP contribution in [0.1, 0.15) is 40.0 Å². The maximum absolute atomic E-state index is 10.8. The summed E-state index contributed by atoms with van der Waals surface area (Å²) >= 11 is 0. The molecule has 0 fully saturated rings. The summed E-state index contributed by atoms with van der Waals surface area (Å²) in [5.41, 5.74) is 0. The van der Waals surface area contributed by atoms with Crippen LogP contribution in [0, 0.1) is 5.92 Å². The highest BCUT2D eigenvalue weighted by Crippen LogP contribution is 2.06. The van der Waals surface area contributed by atoms with Crippen LogP contribution in [0.4, 0.5) is 0 Å². The lowest BCUT2D eigenvalue weighted by Crippen LogP contribution is -2.08. The zero-order valence-corrected chi connectivity index (χ0v) is 7.92. The van der Waals surface area contributed by atoms with Gasteiger partial charge in [-0.15, -0.1) is 0 Å². The Morgan fingerprint density at radius 3 is 2.33 bits per heavy atom. The second kappa shape index (κ2) is 5.75. The molecule has 3 nitrogen and oxygen atoms in total. The fraction of sp³-hybridized carbons (Fsp3) is 0.778. The van der Waals surface area contributed by atoms with Crippen molar-refractivity contribution in [2.75, 3.05) is 0 Å². The molecule has 0 spiro atoms. The van der Waals surface area contributed by atoms with Crippen molar-refractivity contribution in [3.05, 3.63) is 0 Å². The zero-order chi connectivity index (χ0) is 9.56. The van der Waals surface area contributed by atoms with Gasteiger partial charge >= 0.3 is 11.9 Å². The molecule has 0 aliphatic carbocycles. The Morgan fingerprint density at radius 1 is 1.33 bits per heavy atom. The SMILES string of the molecule is CC(=O)OC(=O)CCCC(C)C. The van der Waals surface area contributed by atoms with Gasteiger partial charge in [0.1, 0.15) is 0 Å². The highest BCUT2D eigenvalue weighted by atomic mass is 16.6. The molecule has 3 heteroatoms. The molecular formula is C9H16O3. The molecule has 0 aromatic heterocycles. The number of hydrogen-bond donors (Lipinski definition) is 0. The molecule has 0 atom stereocenters. The van der Waals surface area contributed by atoms with Gasteiger partial charge in [-0.3, -0.25) is 9.59 Å². The Balaban J connectivity index is 3.38. The molecule has 0 N–H and O–H groups in total. The Bertz CT molecular complexity index is 161. The van der Waals surface area contributed by atoms with Crippen LogP contribution < -0.4 is 0 Å². The number of carbonyl (C=O) groups is 2. The largest absolute Gasteiger partial charge is 0.393 e. The number of ether oxygens (including phenoxy) is 1. The van der Waals surface area contributed by atoms with Crippen LogP contribution in [-0.4, -0.2) is 11.9 Å². The Kier molecular flexibility index (Phi) is 5.34. The molecule has 0 aromatic carbocycles. The summed E-state index contributed by atoms with van der Waals surface area (Å²) in [6.07, 6.45) is 2.13. The fourth-order valence-electron chi connectivity index (χ4n) is 0.866. The van der Waals surface area contributed by atoms with Crippen molar-refractivity contribution >= 4 is 11.9 Å². The molecular weight excluding hydrogens is 156 g/mol. The second-order valence-electron chi connectivity index (χ2n) is 3.25. The van der Waals surface area contributed by atoms with Gasteiger partial charge in [0.05, 0.1) is 0 Å². The molecule has 0 radical (unpaired) electrons. The number of esters is 2. The standard InChI is InChI=1S/C9H16O3/c1-7(2)5-4-6-9(11)12-8(3)10/h7H,4-6H2,1-3H3. The van der Waals surface area contributed by atoms with Crippen molar-refractivity contribution in [1.82, 2.24) is 0 Å². The smallest absolute Gasteiger partial charge is 0.313 e. The van der Waals surface area contributed by atoms with Gasteiger partial charge in [0.2, 0.25) is 0 Å². The summed E-state index contributed by atoms with van der Waals surface area (Å²) in [5, 5.41) is 0. The topological polar surface area (TPSA) is 43.4 Å². The lowest BCUT2D eigenvalue weighted by atomic mass is 10.1. The Labute approximate surface area is 73.1 Å². The van der Waals surface area contributed by atoms with Gasteiger partial charge in [0, 0.05) is 13.3 Å². The van der Waals surface area contributed by atoms with Crippen molar-refractivity contribution in [2.45, 2.75) is 40.0 Å². The Hall–Kier alpha value is -0.860. The molecule has 0 aliphatic rings. The van der Waals surface area contributed by atoms with E-state index in [1.807, 2.05) is 0 Å².